The zero-order chi connectivity index (χ0) is 13.8. The largest absolute Gasteiger partial charge is 0.493 e. The van der Waals surface area contributed by atoms with Crippen LogP contribution in [0.3, 0.4) is 0 Å². The summed E-state index contributed by atoms with van der Waals surface area (Å²) in [5.41, 5.74) is 2.03. The van der Waals surface area contributed by atoms with Crippen LogP contribution in [0.15, 0.2) is 18.2 Å². The van der Waals surface area contributed by atoms with Crippen molar-refractivity contribution in [1.29, 1.82) is 0 Å². The summed E-state index contributed by atoms with van der Waals surface area (Å²) in [7, 11) is 0. The van der Waals surface area contributed by atoms with Gasteiger partial charge in [-0.05, 0) is 25.3 Å². The van der Waals surface area contributed by atoms with Crippen LogP contribution in [0, 0.1) is 6.92 Å². The molecule has 0 aliphatic carbocycles. The highest BCUT2D eigenvalue weighted by molar-refractivity contribution is 5.43. The monoisotopic (exact) mass is 271 g/mol. The summed E-state index contributed by atoms with van der Waals surface area (Å²) < 4.78 is 30.3. The Morgan fingerprint density at radius 1 is 1.47 bits per heavy atom. The summed E-state index contributed by atoms with van der Waals surface area (Å²) in [5, 5.41) is 12.2. The molecule has 1 aromatic carbocycles. The Kier molecular flexibility index (Phi) is 4.71. The number of benzene rings is 1. The fourth-order valence-electron chi connectivity index (χ4n) is 2.33. The van der Waals surface area contributed by atoms with Crippen LogP contribution in [0.4, 0.5) is 8.78 Å². The Morgan fingerprint density at radius 3 is 3.00 bits per heavy atom. The van der Waals surface area contributed by atoms with Crippen molar-refractivity contribution >= 4 is 0 Å². The first-order valence-corrected chi connectivity index (χ1v) is 6.51. The Labute approximate surface area is 111 Å². The van der Waals surface area contributed by atoms with Crippen LogP contribution >= 0.6 is 0 Å². The van der Waals surface area contributed by atoms with Crippen LogP contribution < -0.4 is 10.1 Å². The second-order valence-corrected chi connectivity index (χ2v) is 4.85. The smallest absolute Gasteiger partial charge is 0.265 e. The van der Waals surface area contributed by atoms with Crippen molar-refractivity contribution in [1.82, 2.24) is 5.32 Å². The number of hydrogen-bond acceptors (Lipinski definition) is 3. The third-order valence-corrected chi connectivity index (χ3v) is 3.37. The average molecular weight is 271 g/mol. The molecule has 1 aliphatic heterocycles. The number of alkyl halides is 2. The molecule has 3 nitrogen and oxygen atoms in total. The molecule has 1 aromatic rings. The zero-order valence-electron chi connectivity index (χ0n) is 10.9. The average Bonchev–Trinajstić information content (AvgIpc) is 2.59. The molecule has 0 saturated heterocycles. The molecular weight excluding hydrogens is 252 g/mol. The fraction of sp³-hybridized carbons (Fsp3) is 0.571. The third-order valence-electron chi connectivity index (χ3n) is 3.37. The van der Waals surface area contributed by atoms with Crippen molar-refractivity contribution in [3.8, 4) is 5.75 Å². The Morgan fingerprint density at radius 2 is 2.26 bits per heavy atom. The molecule has 2 N–H and O–H groups in total. The molecule has 2 atom stereocenters. The second kappa shape index (κ2) is 6.30. The maximum absolute atomic E-state index is 12.3. The molecule has 1 aliphatic rings. The van der Waals surface area contributed by atoms with Gasteiger partial charge in [-0.1, -0.05) is 18.2 Å². The number of para-hydroxylation sites is 1. The molecule has 0 fully saturated rings. The summed E-state index contributed by atoms with van der Waals surface area (Å²) >= 11 is 0. The second-order valence-electron chi connectivity index (χ2n) is 4.85. The lowest BCUT2D eigenvalue weighted by Crippen LogP contribution is -2.34. The van der Waals surface area contributed by atoms with Gasteiger partial charge in [0.1, 0.15) is 11.9 Å². The maximum Gasteiger partial charge on any atom is 0.265 e. The van der Waals surface area contributed by atoms with Crippen LogP contribution in [0.1, 0.15) is 30.0 Å². The normalized spacial score (nSPS) is 20.6. The van der Waals surface area contributed by atoms with E-state index in [0.29, 0.717) is 6.61 Å². The minimum atomic E-state index is -2.72. The molecule has 106 valence electrons. The standard InChI is InChI=1S/C14H19F2NO2/c1-9-4-2-5-10-11(6-3-7-19-13(9)10)17-8-12(18)14(15)16/h2,4-5,11-12,14,17-18H,3,6-8H2,1H3. The number of ether oxygens (including phenoxy) is 1. The van der Waals surface area contributed by atoms with Crippen LogP contribution in [0.2, 0.25) is 0 Å². The first-order valence-electron chi connectivity index (χ1n) is 6.51. The van der Waals surface area contributed by atoms with Gasteiger partial charge in [0.2, 0.25) is 0 Å². The highest BCUT2D eigenvalue weighted by Crippen LogP contribution is 2.33. The quantitative estimate of drug-likeness (QED) is 0.883. The Balaban J connectivity index is 2.11. The van der Waals surface area contributed by atoms with Crippen molar-refractivity contribution in [3.05, 3.63) is 29.3 Å². The minimum Gasteiger partial charge on any atom is -0.493 e. The van der Waals surface area contributed by atoms with E-state index in [1.165, 1.54) is 0 Å². The highest BCUT2D eigenvalue weighted by atomic mass is 19.3. The number of rotatable bonds is 4. The lowest BCUT2D eigenvalue weighted by molar-refractivity contribution is -0.00477. The van der Waals surface area contributed by atoms with E-state index in [-0.39, 0.29) is 12.6 Å². The SMILES string of the molecule is Cc1cccc2c1OCCCC2NCC(O)C(F)F. The minimum absolute atomic E-state index is 0.0502. The molecular formula is C14H19F2NO2. The molecule has 0 aromatic heterocycles. The van der Waals surface area contributed by atoms with Gasteiger partial charge in [-0.2, -0.15) is 0 Å². The predicted octanol–water partition coefficient (Wildman–Crippen LogP) is 2.42. The highest BCUT2D eigenvalue weighted by Gasteiger charge is 2.23. The maximum atomic E-state index is 12.3. The van der Waals surface area contributed by atoms with E-state index >= 15 is 0 Å². The first-order chi connectivity index (χ1) is 9.09. The van der Waals surface area contributed by atoms with Crippen molar-refractivity contribution < 1.29 is 18.6 Å². The van der Waals surface area contributed by atoms with Crippen LogP contribution in [-0.2, 0) is 0 Å². The van der Waals surface area contributed by atoms with E-state index in [9.17, 15) is 13.9 Å². The molecule has 5 heteroatoms. The van der Waals surface area contributed by atoms with Gasteiger partial charge in [-0.15, -0.1) is 0 Å². The molecule has 0 bridgehead atoms. The number of hydrogen-bond donors (Lipinski definition) is 2. The number of aliphatic hydroxyl groups excluding tert-OH is 1. The fourth-order valence-corrected chi connectivity index (χ4v) is 2.33. The lowest BCUT2D eigenvalue weighted by Gasteiger charge is -2.21. The number of nitrogens with one attached hydrogen (secondary N) is 1. The summed E-state index contributed by atoms with van der Waals surface area (Å²) in [6.07, 6.45) is -2.67. The van der Waals surface area contributed by atoms with E-state index in [4.69, 9.17) is 4.74 Å². The van der Waals surface area contributed by atoms with Gasteiger partial charge >= 0.3 is 0 Å². The Bertz CT molecular complexity index is 426. The van der Waals surface area contributed by atoms with Gasteiger partial charge < -0.3 is 15.2 Å². The Hall–Kier alpha value is -1.20. The number of aryl methyl sites for hydroxylation is 1. The van der Waals surface area contributed by atoms with E-state index in [2.05, 4.69) is 5.32 Å². The van der Waals surface area contributed by atoms with E-state index in [1.54, 1.807) is 0 Å². The van der Waals surface area contributed by atoms with Crippen molar-refractivity contribution in [2.24, 2.45) is 0 Å². The summed E-state index contributed by atoms with van der Waals surface area (Å²) in [4.78, 5) is 0. The summed E-state index contributed by atoms with van der Waals surface area (Å²) in [6.45, 7) is 2.48. The van der Waals surface area contributed by atoms with Crippen molar-refractivity contribution in [2.45, 2.75) is 38.3 Å². The molecule has 0 spiro atoms. The van der Waals surface area contributed by atoms with Crippen LogP contribution in [0.25, 0.3) is 0 Å². The van der Waals surface area contributed by atoms with Crippen LogP contribution in [0.5, 0.6) is 5.75 Å². The van der Waals surface area contributed by atoms with E-state index in [0.717, 1.165) is 29.7 Å². The molecule has 0 amide bonds. The van der Waals surface area contributed by atoms with Crippen molar-refractivity contribution in [3.63, 3.8) is 0 Å². The van der Waals surface area contributed by atoms with Gasteiger partial charge in [-0.3, -0.25) is 0 Å². The van der Waals surface area contributed by atoms with Crippen LogP contribution in [-0.4, -0.2) is 30.8 Å². The first kappa shape index (κ1) is 14.2. The molecule has 0 radical (unpaired) electrons. The third kappa shape index (κ3) is 3.42. The van der Waals surface area contributed by atoms with Gasteiger partial charge in [0, 0.05) is 18.2 Å². The topological polar surface area (TPSA) is 41.5 Å². The molecule has 2 rings (SSSR count). The number of aliphatic hydroxyl groups is 1. The summed E-state index contributed by atoms with van der Waals surface area (Å²) in [6, 6.07) is 5.79. The van der Waals surface area contributed by atoms with Gasteiger partial charge in [0.25, 0.3) is 6.43 Å². The molecule has 1 heterocycles. The van der Waals surface area contributed by atoms with E-state index < -0.39 is 12.5 Å². The van der Waals surface area contributed by atoms with Crippen molar-refractivity contribution in [2.75, 3.05) is 13.2 Å². The summed E-state index contributed by atoms with van der Waals surface area (Å²) in [5.74, 6) is 0.837. The van der Waals surface area contributed by atoms with Gasteiger partial charge in [-0.25, -0.2) is 8.78 Å². The number of halogens is 2. The lowest BCUT2D eigenvalue weighted by atomic mass is 9.99. The van der Waals surface area contributed by atoms with Gasteiger partial charge in [0.05, 0.1) is 6.61 Å². The molecule has 2 unspecified atom stereocenters. The number of fused-ring (bicyclic) bond motifs is 1. The zero-order valence-corrected chi connectivity index (χ0v) is 10.9. The predicted molar refractivity (Wildman–Crippen MR) is 68.7 cm³/mol. The molecule has 19 heavy (non-hydrogen) atoms. The molecule has 0 saturated carbocycles. The van der Waals surface area contributed by atoms with Gasteiger partial charge in [0.15, 0.2) is 0 Å². The van der Waals surface area contributed by atoms with E-state index in [1.807, 2.05) is 25.1 Å².